The van der Waals surface area contributed by atoms with E-state index in [1.165, 1.54) is 24.8 Å². The maximum Gasteiger partial charge on any atom is 0.0443 e. The van der Waals surface area contributed by atoms with Gasteiger partial charge in [-0.1, -0.05) is 43.7 Å². The second-order valence-electron chi connectivity index (χ2n) is 6.59. The van der Waals surface area contributed by atoms with Crippen LogP contribution in [0.1, 0.15) is 38.2 Å². The first-order chi connectivity index (χ1) is 10.2. The summed E-state index contributed by atoms with van der Waals surface area (Å²) in [6, 6.07) is 11.5. The Labute approximate surface area is 129 Å². The molecular formula is C18H30N2O. The molecule has 1 atom stereocenters. The number of hydrogen-bond donors (Lipinski definition) is 2. The fourth-order valence-electron chi connectivity index (χ4n) is 3.34. The van der Waals surface area contributed by atoms with Gasteiger partial charge in [0.15, 0.2) is 0 Å². The molecule has 0 aromatic heterocycles. The van der Waals surface area contributed by atoms with Crippen LogP contribution in [-0.2, 0) is 5.41 Å². The van der Waals surface area contributed by atoms with Gasteiger partial charge in [0.25, 0.3) is 0 Å². The second-order valence-corrected chi connectivity index (χ2v) is 6.59. The van der Waals surface area contributed by atoms with Gasteiger partial charge in [-0.3, -0.25) is 4.90 Å². The molecule has 21 heavy (non-hydrogen) atoms. The summed E-state index contributed by atoms with van der Waals surface area (Å²) in [6.07, 6.45) is 4.86. The molecular weight excluding hydrogens is 260 g/mol. The first-order valence-corrected chi connectivity index (χ1v) is 8.24. The molecule has 0 aliphatic heterocycles. The summed E-state index contributed by atoms with van der Waals surface area (Å²) < 4.78 is 0. The Kier molecular flexibility index (Phi) is 6.22. The van der Waals surface area contributed by atoms with Crippen molar-refractivity contribution in [3.8, 4) is 0 Å². The molecule has 1 unspecified atom stereocenters. The van der Waals surface area contributed by atoms with Crippen molar-refractivity contribution >= 4 is 0 Å². The lowest BCUT2D eigenvalue weighted by Crippen LogP contribution is -2.50. The molecule has 0 heterocycles. The lowest BCUT2D eigenvalue weighted by molar-refractivity contribution is 0.0916. The predicted molar refractivity (Wildman–Crippen MR) is 88.6 cm³/mol. The molecule has 0 radical (unpaired) electrons. The lowest BCUT2D eigenvalue weighted by atomic mass is 9.80. The molecule has 118 valence electrons. The smallest absolute Gasteiger partial charge is 0.0443 e. The molecule has 0 saturated heterocycles. The standard InChI is InChI=1S/C18H30N2O/c1-18(14-19-2,16-8-4-3-5-9-16)15-20(12-7-13-21)17-10-6-11-17/h3-5,8-9,17,19,21H,6-7,10-15H2,1-2H3. The minimum atomic E-state index is 0.112. The quantitative estimate of drug-likeness (QED) is 0.733. The van der Waals surface area contributed by atoms with E-state index in [1.807, 2.05) is 7.05 Å². The van der Waals surface area contributed by atoms with Crippen LogP contribution in [0.25, 0.3) is 0 Å². The maximum atomic E-state index is 9.17. The number of nitrogens with one attached hydrogen (secondary N) is 1. The van der Waals surface area contributed by atoms with E-state index < -0.39 is 0 Å². The molecule has 1 aromatic rings. The number of aliphatic hydroxyl groups excluding tert-OH is 1. The van der Waals surface area contributed by atoms with Gasteiger partial charge in [0.05, 0.1) is 0 Å². The minimum Gasteiger partial charge on any atom is -0.396 e. The molecule has 3 heteroatoms. The molecule has 3 nitrogen and oxygen atoms in total. The van der Waals surface area contributed by atoms with Crippen molar-refractivity contribution in [2.75, 3.05) is 33.3 Å². The zero-order valence-corrected chi connectivity index (χ0v) is 13.5. The van der Waals surface area contributed by atoms with E-state index in [9.17, 15) is 0 Å². The van der Waals surface area contributed by atoms with Crippen molar-refractivity contribution in [1.29, 1.82) is 0 Å². The fourth-order valence-corrected chi connectivity index (χ4v) is 3.34. The van der Waals surface area contributed by atoms with Gasteiger partial charge in [0.2, 0.25) is 0 Å². The monoisotopic (exact) mass is 290 g/mol. The SMILES string of the molecule is CNCC(C)(CN(CCCO)C1CCC1)c1ccccc1. The molecule has 2 rings (SSSR count). The average Bonchev–Trinajstić information content (AvgIpc) is 2.44. The van der Waals surface area contributed by atoms with Crippen LogP contribution in [0.3, 0.4) is 0 Å². The molecule has 1 aliphatic carbocycles. The van der Waals surface area contributed by atoms with Crippen LogP contribution in [0.15, 0.2) is 30.3 Å². The van der Waals surface area contributed by atoms with Crippen LogP contribution in [-0.4, -0.2) is 49.3 Å². The van der Waals surface area contributed by atoms with E-state index in [-0.39, 0.29) is 12.0 Å². The van der Waals surface area contributed by atoms with E-state index in [4.69, 9.17) is 5.11 Å². The van der Waals surface area contributed by atoms with Gasteiger partial charge < -0.3 is 10.4 Å². The van der Waals surface area contributed by atoms with Gasteiger partial charge in [-0.05, 0) is 31.9 Å². The summed E-state index contributed by atoms with van der Waals surface area (Å²) in [5.41, 5.74) is 1.51. The van der Waals surface area contributed by atoms with E-state index in [0.717, 1.165) is 32.1 Å². The van der Waals surface area contributed by atoms with E-state index in [0.29, 0.717) is 0 Å². The number of likely N-dealkylation sites (N-methyl/N-ethyl adjacent to an activating group) is 1. The number of benzene rings is 1. The van der Waals surface area contributed by atoms with Gasteiger partial charge in [-0.25, -0.2) is 0 Å². The highest BCUT2D eigenvalue weighted by atomic mass is 16.3. The Balaban J connectivity index is 2.12. The first-order valence-electron chi connectivity index (χ1n) is 8.24. The van der Waals surface area contributed by atoms with Crippen LogP contribution in [0.2, 0.25) is 0 Å². The van der Waals surface area contributed by atoms with Crippen molar-refractivity contribution in [3.05, 3.63) is 35.9 Å². The van der Waals surface area contributed by atoms with E-state index in [2.05, 4.69) is 47.5 Å². The van der Waals surface area contributed by atoms with Crippen molar-refractivity contribution in [2.45, 2.75) is 44.1 Å². The normalized spacial score (nSPS) is 18.5. The van der Waals surface area contributed by atoms with Gasteiger partial charge in [-0.2, -0.15) is 0 Å². The first kappa shape index (κ1) is 16.5. The van der Waals surface area contributed by atoms with Gasteiger partial charge >= 0.3 is 0 Å². The highest BCUT2D eigenvalue weighted by molar-refractivity contribution is 5.25. The Morgan fingerprint density at radius 3 is 2.52 bits per heavy atom. The molecule has 0 bridgehead atoms. The third-order valence-electron chi connectivity index (χ3n) is 4.78. The van der Waals surface area contributed by atoms with Crippen LogP contribution in [0.5, 0.6) is 0 Å². The molecule has 1 aliphatic rings. The van der Waals surface area contributed by atoms with Crippen LogP contribution in [0.4, 0.5) is 0 Å². The predicted octanol–water partition coefficient (Wildman–Crippen LogP) is 2.40. The molecule has 1 aromatic carbocycles. The number of rotatable bonds is 9. The Morgan fingerprint density at radius 2 is 2.00 bits per heavy atom. The average molecular weight is 290 g/mol. The summed E-state index contributed by atoms with van der Waals surface area (Å²) in [6.45, 7) is 5.68. The fraction of sp³-hybridized carbons (Fsp3) is 0.667. The van der Waals surface area contributed by atoms with Crippen LogP contribution in [0, 0.1) is 0 Å². The zero-order chi connectivity index (χ0) is 15.1. The molecule has 0 amide bonds. The van der Waals surface area contributed by atoms with Crippen LogP contribution >= 0.6 is 0 Å². The van der Waals surface area contributed by atoms with Gasteiger partial charge in [0, 0.05) is 37.7 Å². The maximum absolute atomic E-state index is 9.17. The summed E-state index contributed by atoms with van der Waals surface area (Å²) in [5, 5.41) is 12.5. The second kappa shape index (κ2) is 7.92. The Hall–Kier alpha value is -0.900. The van der Waals surface area contributed by atoms with E-state index >= 15 is 0 Å². The molecule has 1 fully saturated rings. The highest BCUT2D eigenvalue weighted by Crippen LogP contribution is 2.30. The third kappa shape index (κ3) is 4.29. The number of nitrogens with zero attached hydrogens (tertiary/aromatic N) is 1. The largest absolute Gasteiger partial charge is 0.396 e. The van der Waals surface area contributed by atoms with Crippen molar-refractivity contribution in [3.63, 3.8) is 0 Å². The topological polar surface area (TPSA) is 35.5 Å². The Morgan fingerprint density at radius 1 is 1.29 bits per heavy atom. The van der Waals surface area contributed by atoms with E-state index in [1.54, 1.807) is 0 Å². The summed E-state index contributed by atoms with van der Waals surface area (Å²) in [5.74, 6) is 0. The summed E-state index contributed by atoms with van der Waals surface area (Å²) >= 11 is 0. The number of aliphatic hydroxyl groups is 1. The molecule has 0 spiro atoms. The number of hydrogen-bond acceptors (Lipinski definition) is 3. The lowest BCUT2D eigenvalue weighted by Gasteiger charge is -2.43. The van der Waals surface area contributed by atoms with Gasteiger partial charge in [0.1, 0.15) is 0 Å². The van der Waals surface area contributed by atoms with Crippen molar-refractivity contribution in [2.24, 2.45) is 0 Å². The van der Waals surface area contributed by atoms with Gasteiger partial charge in [-0.15, -0.1) is 0 Å². The molecule has 2 N–H and O–H groups in total. The Bertz CT molecular complexity index is 405. The zero-order valence-electron chi connectivity index (χ0n) is 13.5. The van der Waals surface area contributed by atoms with Crippen LogP contribution < -0.4 is 5.32 Å². The third-order valence-corrected chi connectivity index (χ3v) is 4.78. The minimum absolute atomic E-state index is 0.112. The summed E-state index contributed by atoms with van der Waals surface area (Å²) in [4.78, 5) is 2.60. The highest BCUT2D eigenvalue weighted by Gasteiger charge is 2.33. The van der Waals surface area contributed by atoms with Crippen molar-refractivity contribution in [1.82, 2.24) is 10.2 Å². The summed E-state index contributed by atoms with van der Waals surface area (Å²) in [7, 11) is 2.03. The molecule has 1 saturated carbocycles. The van der Waals surface area contributed by atoms with Crippen molar-refractivity contribution < 1.29 is 5.11 Å².